The lowest BCUT2D eigenvalue weighted by molar-refractivity contribution is 0.201. The monoisotopic (exact) mass is 259 g/mol. The van der Waals surface area contributed by atoms with Crippen molar-refractivity contribution in [1.29, 1.82) is 0 Å². The number of hydrogen-bond donors (Lipinski definition) is 2. The highest BCUT2D eigenvalue weighted by Crippen LogP contribution is 2.45. The fourth-order valence-electron chi connectivity index (χ4n) is 4.20. The standard InChI is InChI=1S/C17H25NO/c1-17-8-4-2-3-5-14(16(17)18)10-13-7-6-12(11-19)9-15(13)17/h6-7,9,14,16,19H,2-5,8,10-11,18H2,1H3/t14-,16?,17+/m0/s1. The minimum absolute atomic E-state index is 0.101. The van der Waals surface area contributed by atoms with Crippen LogP contribution in [0.5, 0.6) is 0 Å². The second-order valence-electron chi connectivity index (χ2n) is 6.66. The molecule has 3 N–H and O–H groups in total. The van der Waals surface area contributed by atoms with Gasteiger partial charge in [0.05, 0.1) is 6.61 Å². The second-order valence-corrected chi connectivity index (χ2v) is 6.66. The molecular weight excluding hydrogens is 234 g/mol. The maximum atomic E-state index is 9.38. The van der Waals surface area contributed by atoms with Crippen LogP contribution in [0.2, 0.25) is 0 Å². The summed E-state index contributed by atoms with van der Waals surface area (Å²) in [4.78, 5) is 0. The van der Waals surface area contributed by atoms with Gasteiger partial charge < -0.3 is 10.8 Å². The summed E-state index contributed by atoms with van der Waals surface area (Å²) in [7, 11) is 0. The van der Waals surface area contributed by atoms with Gasteiger partial charge in [-0.15, -0.1) is 0 Å². The van der Waals surface area contributed by atoms with E-state index in [9.17, 15) is 5.11 Å². The van der Waals surface area contributed by atoms with E-state index < -0.39 is 0 Å². The molecule has 2 aliphatic rings. The number of fused-ring (bicyclic) bond motifs is 4. The number of aliphatic hydroxyl groups is 1. The molecule has 2 nitrogen and oxygen atoms in total. The lowest BCUT2D eigenvalue weighted by Crippen LogP contribution is -2.52. The zero-order chi connectivity index (χ0) is 13.5. The molecule has 0 spiro atoms. The lowest BCUT2D eigenvalue weighted by Gasteiger charge is -2.47. The first-order valence-corrected chi connectivity index (χ1v) is 7.64. The smallest absolute Gasteiger partial charge is 0.0681 e. The van der Waals surface area contributed by atoms with Crippen LogP contribution in [0.3, 0.4) is 0 Å². The number of aliphatic hydroxyl groups excluding tert-OH is 1. The average molecular weight is 259 g/mol. The highest BCUT2D eigenvalue weighted by atomic mass is 16.3. The van der Waals surface area contributed by atoms with Crippen molar-refractivity contribution in [2.24, 2.45) is 11.7 Å². The molecule has 0 aromatic heterocycles. The molecule has 2 bridgehead atoms. The first-order valence-electron chi connectivity index (χ1n) is 7.64. The van der Waals surface area contributed by atoms with Crippen molar-refractivity contribution in [2.75, 3.05) is 0 Å². The van der Waals surface area contributed by atoms with Gasteiger partial charge in [0.15, 0.2) is 0 Å². The fourth-order valence-corrected chi connectivity index (χ4v) is 4.20. The first kappa shape index (κ1) is 13.1. The van der Waals surface area contributed by atoms with E-state index in [4.69, 9.17) is 5.73 Å². The van der Waals surface area contributed by atoms with Gasteiger partial charge in [0.1, 0.15) is 0 Å². The predicted octanol–water partition coefficient (Wildman–Crippen LogP) is 2.90. The van der Waals surface area contributed by atoms with Gasteiger partial charge in [0.2, 0.25) is 0 Å². The SMILES string of the molecule is C[C@@]12CCCCC[C@@H](Cc3ccc(CO)cc31)C2N. The quantitative estimate of drug-likeness (QED) is 0.814. The highest BCUT2D eigenvalue weighted by Gasteiger charge is 2.43. The summed E-state index contributed by atoms with van der Waals surface area (Å²) in [5.74, 6) is 0.637. The summed E-state index contributed by atoms with van der Waals surface area (Å²) in [6.45, 7) is 2.47. The molecule has 1 aromatic carbocycles. The van der Waals surface area contributed by atoms with Crippen LogP contribution in [-0.2, 0) is 18.4 Å². The second kappa shape index (κ2) is 4.92. The molecule has 1 aromatic rings. The van der Waals surface area contributed by atoms with Crippen molar-refractivity contribution in [3.05, 3.63) is 34.9 Å². The Morgan fingerprint density at radius 2 is 2.16 bits per heavy atom. The molecule has 0 radical (unpaired) electrons. The van der Waals surface area contributed by atoms with Crippen molar-refractivity contribution in [2.45, 2.75) is 63.5 Å². The largest absolute Gasteiger partial charge is 0.392 e. The third kappa shape index (κ3) is 2.11. The molecule has 0 saturated heterocycles. The molecule has 19 heavy (non-hydrogen) atoms. The lowest BCUT2D eigenvalue weighted by atomic mass is 9.60. The summed E-state index contributed by atoms with van der Waals surface area (Å²) >= 11 is 0. The Kier molecular flexibility index (Phi) is 3.40. The number of benzene rings is 1. The minimum Gasteiger partial charge on any atom is -0.392 e. The van der Waals surface area contributed by atoms with Crippen molar-refractivity contribution >= 4 is 0 Å². The molecule has 104 valence electrons. The maximum Gasteiger partial charge on any atom is 0.0681 e. The molecule has 0 amide bonds. The average Bonchev–Trinajstić information content (AvgIpc) is 2.43. The summed E-state index contributed by atoms with van der Waals surface area (Å²) < 4.78 is 0. The summed E-state index contributed by atoms with van der Waals surface area (Å²) in [5.41, 5.74) is 10.6. The van der Waals surface area contributed by atoms with Gasteiger partial charge in [0, 0.05) is 11.5 Å². The summed E-state index contributed by atoms with van der Waals surface area (Å²) in [5, 5.41) is 9.38. The molecule has 2 heteroatoms. The van der Waals surface area contributed by atoms with E-state index in [1.54, 1.807) is 0 Å². The van der Waals surface area contributed by atoms with Gasteiger partial charge in [-0.25, -0.2) is 0 Å². The molecule has 1 fully saturated rings. The molecule has 0 aliphatic heterocycles. The van der Waals surface area contributed by atoms with Gasteiger partial charge >= 0.3 is 0 Å². The van der Waals surface area contributed by atoms with Crippen molar-refractivity contribution < 1.29 is 5.11 Å². The van der Waals surface area contributed by atoms with Crippen LogP contribution in [-0.4, -0.2) is 11.1 Å². The van der Waals surface area contributed by atoms with Gasteiger partial charge in [0.25, 0.3) is 0 Å². The molecule has 2 aliphatic carbocycles. The Hall–Kier alpha value is -0.860. The Bertz CT molecular complexity index is 470. The Labute approximate surface area is 116 Å². The molecule has 0 heterocycles. The Morgan fingerprint density at radius 1 is 1.32 bits per heavy atom. The van der Waals surface area contributed by atoms with Crippen molar-refractivity contribution in [3.8, 4) is 0 Å². The van der Waals surface area contributed by atoms with E-state index in [0.29, 0.717) is 5.92 Å². The Balaban J connectivity index is 2.09. The summed E-state index contributed by atoms with van der Waals surface area (Å²) in [6, 6.07) is 6.76. The van der Waals surface area contributed by atoms with Crippen molar-refractivity contribution in [3.63, 3.8) is 0 Å². The van der Waals surface area contributed by atoms with E-state index in [0.717, 1.165) is 12.0 Å². The number of hydrogen-bond acceptors (Lipinski definition) is 2. The molecule has 3 atom stereocenters. The topological polar surface area (TPSA) is 46.2 Å². The van der Waals surface area contributed by atoms with Gasteiger partial charge in [-0.1, -0.05) is 44.4 Å². The van der Waals surface area contributed by atoms with Crippen LogP contribution in [0.25, 0.3) is 0 Å². The zero-order valence-corrected chi connectivity index (χ0v) is 11.9. The minimum atomic E-state index is 0.101. The van der Waals surface area contributed by atoms with E-state index in [1.807, 2.05) is 0 Å². The molecule has 1 saturated carbocycles. The predicted molar refractivity (Wildman–Crippen MR) is 78.0 cm³/mol. The normalized spacial score (nSPS) is 34.3. The number of nitrogens with two attached hydrogens (primary N) is 1. The van der Waals surface area contributed by atoms with Crippen LogP contribution in [0.1, 0.15) is 55.7 Å². The number of rotatable bonds is 1. The maximum absolute atomic E-state index is 9.38. The van der Waals surface area contributed by atoms with E-state index in [-0.39, 0.29) is 18.1 Å². The zero-order valence-electron chi connectivity index (χ0n) is 11.9. The van der Waals surface area contributed by atoms with E-state index in [2.05, 4.69) is 25.1 Å². The molecule has 1 unspecified atom stereocenters. The molecular formula is C17H25NO. The third-order valence-electron chi connectivity index (χ3n) is 5.47. The van der Waals surface area contributed by atoms with E-state index in [1.165, 1.54) is 43.2 Å². The van der Waals surface area contributed by atoms with Crippen LogP contribution < -0.4 is 5.73 Å². The van der Waals surface area contributed by atoms with Gasteiger partial charge in [-0.2, -0.15) is 0 Å². The first-order chi connectivity index (χ1) is 9.15. The highest BCUT2D eigenvalue weighted by molar-refractivity contribution is 5.42. The third-order valence-corrected chi connectivity index (χ3v) is 5.47. The van der Waals surface area contributed by atoms with Crippen LogP contribution in [0, 0.1) is 5.92 Å². The Morgan fingerprint density at radius 3 is 2.95 bits per heavy atom. The van der Waals surface area contributed by atoms with Crippen molar-refractivity contribution in [1.82, 2.24) is 0 Å². The van der Waals surface area contributed by atoms with Crippen LogP contribution in [0.4, 0.5) is 0 Å². The van der Waals surface area contributed by atoms with Crippen LogP contribution in [0.15, 0.2) is 18.2 Å². The van der Waals surface area contributed by atoms with E-state index >= 15 is 0 Å². The van der Waals surface area contributed by atoms with Gasteiger partial charge in [-0.05, 0) is 41.9 Å². The van der Waals surface area contributed by atoms with Crippen LogP contribution >= 0.6 is 0 Å². The fraction of sp³-hybridized carbons (Fsp3) is 0.647. The molecule has 3 rings (SSSR count). The van der Waals surface area contributed by atoms with Gasteiger partial charge in [-0.3, -0.25) is 0 Å². The summed E-state index contributed by atoms with van der Waals surface area (Å²) in [6.07, 6.45) is 7.54.